The molecule has 0 aromatic heterocycles. The molecule has 0 radical (unpaired) electrons. The highest BCUT2D eigenvalue weighted by Crippen LogP contribution is 2.13. The average Bonchev–Trinajstić information content (AvgIpc) is 2.44. The molecule has 104 valence electrons. The number of ketones is 1. The zero-order valence-electron chi connectivity index (χ0n) is 12.0. The second-order valence-corrected chi connectivity index (χ2v) is 4.63. The highest BCUT2D eigenvalue weighted by Gasteiger charge is 1.94. The smallest absolute Gasteiger partial charge is 0.178 e. The van der Waals surface area contributed by atoms with Crippen LogP contribution in [0.3, 0.4) is 0 Å². The minimum absolute atomic E-state index is 0.00449. The molecule has 0 bridgehead atoms. The normalized spacial score (nSPS) is 10.9. The van der Waals surface area contributed by atoms with Crippen LogP contribution in [-0.4, -0.2) is 12.4 Å². The van der Waals surface area contributed by atoms with E-state index in [2.05, 4.69) is 12.3 Å². The SMILES string of the molecule is C=C=CCOc1ccc(/C=C/C(=O)/C=C/C(C)C)cc1. The van der Waals surface area contributed by atoms with Gasteiger partial charge in [0.25, 0.3) is 0 Å². The number of rotatable bonds is 7. The topological polar surface area (TPSA) is 26.3 Å². The maximum absolute atomic E-state index is 11.5. The Labute approximate surface area is 120 Å². The fourth-order valence-electron chi connectivity index (χ4n) is 1.39. The quantitative estimate of drug-likeness (QED) is 0.547. The fraction of sp³-hybridized carbons (Fsp3) is 0.222. The van der Waals surface area contributed by atoms with E-state index in [9.17, 15) is 4.79 Å². The number of allylic oxidation sites excluding steroid dienone is 3. The molecule has 0 fully saturated rings. The molecule has 0 spiro atoms. The third-order valence-corrected chi connectivity index (χ3v) is 2.44. The summed E-state index contributed by atoms with van der Waals surface area (Å²) < 4.78 is 5.43. The van der Waals surface area contributed by atoms with Gasteiger partial charge in [-0.3, -0.25) is 4.79 Å². The molecular formula is C18H20O2. The van der Waals surface area contributed by atoms with Crippen LogP contribution in [0.2, 0.25) is 0 Å². The van der Waals surface area contributed by atoms with E-state index in [-0.39, 0.29) is 5.78 Å². The Balaban J connectivity index is 2.56. The van der Waals surface area contributed by atoms with Crippen LogP contribution in [0.4, 0.5) is 0 Å². The van der Waals surface area contributed by atoms with Gasteiger partial charge in [-0.2, -0.15) is 0 Å². The van der Waals surface area contributed by atoms with Crippen LogP contribution in [-0.2, 0) is 4.79 Å². The van der Waals surface area contributed by atoms with Crippen molar-refractivity contribution in [1.29, 1.82) is 0 Å². The van der Waals surface area contributed by atoms with Gasteiger partial charge in [0.2, 0.25) is 0 Å². The highest BCUT2D eigenvalue weighted by molar-refractivity contribution is 6.01. The molecule has 0 aliphatic heterocycles. The Hall–Kier alpha value is -2.31. The molecule has 0 heterocycles. The van der Waals surface area contributed by atoms with Crippen LogP contribution in [0.5, 0.6) is 5.75 Å². The second kappa shape index (κ2) is 8.73. The molecule has 2 heteroatoms. The molecule has 0 aliphatic rings. The number of carbonyl (C=O) groups excluding carboxylic acids is 1. The van der Waals surface area contributed by atoms with Gasteiger partial charge in [-0.05, 0) is 41.8 Å². The lowest BCUT2D eigenvalue weighted by Crippen LogP contribution is -1.92. The van der Waals surface area contributed by atoms with E-state index in [4.69, 9.17) is 4.74 Å². The van der Waals surface area contributed by atoms with Gasteiger partial charge in [0, 0.05) is 0 Å². The van der Waals surface area contributed by atoms with Crippen molar-refractivity contribution in [3.63, 3.8) is 0 Å². The van der Waals surface area contributed by atoms with E-state index >= 15 is 0 Å². The zero-order valence-corrected chi connectivity index (χ0v) is 12.0. The molecule has 0 aliphatic carbocycles. The van der Waals surface area contributed by atoms with Crippen LogP contribution in [0.25, 0.3) is 6.08 Å². The van der Waals surface area contributed by atoms with Gasteiger partial charge in [0.15, 0.2) is 5.78 Å². The maximum atomic E-state index is 11.5. The van der Waals surface area contributed by atoms with Crippen LogP contribution in [0, 0.1) is 5.92 Å². The zero-order chi connectivity index (χ0) is 14.8. The van der Waals surface area contributed by atoms with Gasteiger partial charge < -0.3 is 4.74 Å². The van der Waals surface area contributed by atoms with E-state index in [1.54, 1.807) is 24.3 Å². The number of benzene rings is 1. The predicted molar refractivity (Wildman–Crippen MR) is 83.7 cm³/mol. The summed E-state index contributed by atoms with van der Waals surface area (Å²) in [4.78, 5) is 11.5. The van der Waals surface area contributed by atoms with Gasteiger partial charge in [-0.25, -0.2) is 0 Å². The second-order valence-electron chi connectivity index (χ2n) is 4.63. The van der Waals surface area contributed by atoms with Gasteiger partial charge in [-0.1, -0.05) is 44.7 Å². The first-order chi connectivity index (χ1) is 9.61. The molecule has 0 saturated carbocycles. The molecule has 1 aromatic carbocycles. The third kappa shape index (κ3) is 6.58. The first kappa shape index (κ1) is 15.7. The van der Waals surface area contributed by atoms with Crippen molar-refractivity contribution in [3.8, 4) is 5.75 Å². The van der Waals surface area contributed by atoms with Crippen LogP contribution >= 0.6 is 0 Å². The van der Waals surface area contributed by atoms with Gasteiger partial charge >= 0.3 is 0 Å². The molecule has 0 amide bonds. The van der Waals surface area contributed by atoms with Gasteiger partial charge in [0.05, 0.1) is 0 Å². The van der Waals surface area contributed by atoms with Crippen molar-refractivity contribution in [1.82, 2.24) is 0 Å². The number of hydrogen-bond donors (Lipinski definition) is 0. The Morgan fingerprint density at radius 1 is 1.30 bits per heavy atom. The van der Waals surface area contributed by atoms with E-state index in [1.165, 1.54) is 0 Å². The lowest BCUT2D eigenvalue weighted by molar-refractivity contribution is -0.110. The summed E-state index contributed by atoms with van der Waals surface area (Å²) in [6, 6.07) is 7.54. The Kier molecular flexibility index (Phi) is 6.88. The number of carbonyl (C=O) groups is 1. The largest absolute Gasteiger partial charge is 0.489 e. The van der Waals surface area contributed by atoms with E-state index < -0.39 is 0 Å². The number of hydrogen-bond acceptors (Lipinski definition) is 2. The molecule has 2 nitrogen and oxygen atoms in total. The van der Waals surface area contributed by atoms with Crippen molar-refractivity contribution in [2.45, 2.75) is 13.8 Å². The Morgan fingerprint density at radius 3 is 2.60 bits per heavy atom. The Bertz CT molecular complexity index is 527. The van der Waals surface area contributed by atoms with Crippen molar-refractivity contribution in [3.05, 3.63) is 66.4 Å². The minimum Gasteiger partial charge on any atom is -0.489 e. The standard InChI is InChI=1S/C18H20O2/c1-4-5-14-20-18-12-8-16(9-13-18)7-11-17(19)10-6-15(2)3/h5-13,15H,1,14H2,2-3H3/b10-6+,11-7+. The highest BCUT2D eigenvalue weighted by atomic mass is 16.5. The van der Waals surface area contributed by atoms with Crippen molar-refractivity contribution < 1.29 is 9.53 Å². The molecule has 1 aromatic rings. The van der Waals surface area contributed by atoms with Crippen LogP contribution in [0.15, 0.2) is 60.9 Å². The molecular weight excluding hydrogens is 248 g/mol. The molecule has 0 unspecified atom stereocenters. The first-order valence-corrected chi connectivity index (χ1v) is 6.59. The summed E-state index contributed by atoms with van der Waals surface area (Å²) in [5, 5.41) is 0. The average molecular weight is 268 g/mol. The monoisotopic (exact) mass is 268 g/mol. The Morgan fingerprint density at radius 2 is 2.00 bits per heavy atom. The molecule has 0 atom stereocenters. The molecule has 20 heavy (non-hydrogen) atoms. The lowest BCUT2D eigenvalue weighted by atomic mass is 10.1. The fourth-order valence-corrected chi connectivity index (χ4v) is 1.39. The molecule has 0 saturated heterocycles. The summed E-state index contributed by atoms with van der Waals surface area (Å²) in [5.41, 5.74) is 3.61. The van der Waals surface area contributed by atoms with E-state index in [0.29, 0.717) is 12.5 Å². The minimum atomic E-state index is -0.00449. The van der Waals surface area contributed by atoms with E-state index in [0.717, 1.165) is 11.3 Å². The third-order valence-electron chi connectivity index (χ3n) is 2.44. The predicted octanol–water partition coefficient (Wildman–Crippen LogP) is 4.20. The molecule has 1 rings (SSSR count). The van der Waals surface area contributed by atoms with Crippen molar-refractivity contribution in [2.75, 3.05) is 6.61 Å². The summed E-state index contributed by atoms with van der Waals surface area (Å²) in [7, 11) is 0. The van der Waals surface area contributed by atoms with Crippen LogP contribution < -0.4 is 4.74 Å². The molecule has 0 N–H and O–H groups in total. The summed E-state index contributed by atoms with van der Waals surface area (Å²) >= 11 is 0. The first-order valence-electron chi connectivity index (χ1n) is 6.59. The van der Waals surface area contributed by atoms with Crippen molar-refractivity contribution >= 4 is 11.9 Å². The number of ether oxygens (including phenoxy) is 1. The van der Waals surface area contributed by atoms with Gasteiger partial charge in [-0.15, -0.1) is 5.73 Å². The summed E-state index contributed by atoms with van der Waals surface area (Å²) in [6.07, 6.45) is 8.56. The van der Waals surface area contributed by atoms with Crippen LogP contribution in [0.1, 0.15) is 19.4 Å². The maximum Gasteiger partial charge on any atom is 0.178 e. The summed E-state index contributed by atoms with van der Waals surface area (Å²) in [5.74, 6) is 1.16. The lowest BCUT2D eigenvalue weighted by Gasteiger charge is -2.02. The summed E-state index contributed by atoms with van der Waals surface area (Å²) in [6.45, 7) is 7.99. The van der Waals surface area contributed by atoms with E-state index in [1.807, 2.05) is 44.2 Å². The van der Waals surface area contributed by atoms with Crippen molar-refractivity contribution in [2.24, 2.45) is 5.92 Å². The van der Waals surface area contributed by atoms with Gasteiger partial charge in [0.1, 0.15) is 12.4 Å².